The van der Waals surface area contributed by atoms with Crippen LogP contribution in [0.5, 0.6) is 0 Å². The molecule has 0 radical (unpaired) electrons. The molecule has 0 aliphatic carbocycles. The first-order chi connectivity index (χ1) is 10.9. The summed E-state index contributed by atoms with van der Waals surface area (Å²) in [7, 11) is 0. The summed E-state index contributed by atoms with van der Waals surface area (Å²) in [5, 5.41) is 0. The quantitative estimate of drug-likeness (QED) is 0.851. The van der Waals surface area contributed by atoms with Crippen LogP contribution in [-0.2, 0) is 10.2 Å². The average Bonchev–Trinajstić information content (AvgIpc) is 2.47. The maximum atomic E-state index is 12.3. The minimum atomic E-state index is -0.473. The molecule has 0 saturated carbocycles. The molecule has 120 valence electrons. The molecule has 1 amide bonds. The van der Waals surface area contributed by atoms with Crippen LogP contribution in [0.25, 0.3) is 0 Å². The van der Waals surface area contributed by atoms with Gasteiger partial charge in [0.2, 0.25) is 0 Å². The van der Waals surface area contributed by atoms with E-state index in [2.05, 4.69) is 17.1 Å². The predicted molar refractivity (Wildman–Crippen MR) is 89.3 cm³/mol. The van der Waals surface area contributed by atoms with Gasteiger partial charge in [0.25, 0.3) is 0 Å². The Balaban J connectivity index is 1.86. The molecule has 0 bridgehead atoms. The molecule has 2 heterocycles. The molecular formula is C19H22N2O2. The standard InChI is InChI=1S/C19H22N2O2/c1-18(2,3)23-17(22)21-13-19(14-21,15-7-5-4-6-8-15)16-9-11-20-12-10-16/h4-12H,13-14H2,1-3H3. The molecule has 1 saturated heterocycles. The van der Waals surface area contributed by atoms with Crippen LogP contribution in [0.3, 0.4) is 0 Å². The van der Waals surface area contributed by atoms with E-state index in [-0.39, 0.29) is 11.5 Å². The monoisotopic (exact) mass is 310 g/mol. The fraction of sp³-hybridized carbons (Fsp3) is 0.368. The number of aromatic nitrogens is 1. The van der Waals surface area contributed by atoms with Crippen molar-refractivity contribution in [2.75, 3.05) is 13.1 Å². The number of carbonyl (C=O) groups excluding carboxylic acids is 1. The van der Waals surface area contributed by atoms with Gasteiger partial charge in [0, 0.05) is 25.5 Å². The number of amides is 1. The van der Waals surface area contributed by atoms with E-state index in [1.807, 2.05) is 51.1 Å². The second kappa shape index (κ2) is 5.69. The second-order valence-corrected chi connectivity index (χ2v) is 7.02. The van der Waals surface area contributed by atoms with E-state index in [0.717, 1.165) is 0 Å². The Labute approximate surface area is 137 Å². The molecule has 1 aliphatic rings. The molecule has 1 aromatic carbocycles. The van der Waals surface area contributed by atoms with Crippen molar-refractivity contribution in [2.45, 2.75) is 31.8 Å². The minimum absolute atomic E-state index is 0.179. The molecule has 0 atom stereocenters. The van der Waals surface area contributed by atoms with E-state index in [1.165, 1.54) is 11.1 Å². The molecular weight excluding hydrogens is 288 g/mol. The number of rotatable bonds is 2. The van der Waals surface area contributed by atoms with Crippen LogP contribution in [0, 0.1) is 0 Å². The van der Waals surface area contributed by atoms with E-state index in [1.54, 1.807) is 17.3 Å². The highest BCUT2D eigenvalue weighted by Crippen LogP contribution is 2.41. The molecule has 1 aromatic heterocycles. The van der Waals surface area contributed by atoms with Gasteiger partial charge in [-0.1, -0.05) is 30.3 Å². The number of benzene rings is 1. The molecule has 1 fully saturated rings. The van der Waals surface area contributed by atoms with Crippen molar-refractivity contribution in [1.29, 1.82) is 0 Å². The molecule has 1 aliphatic heterocycles. The van der Waals surface area contributed by atoms with E-state index < -0.39 is 5.60 Å². The molecule has 0 unspecified atom stereocenters. The molecule has 4 nitrogen and oxygen atoms in total. The van der Waals surface area contributed by atoms with Gasteiger partial charge < -0.3 is 9.64 Å². The van der Waals surface area contributed by atoms with Crippen LogP contribution in [-0.4, -0.2) is 34.7 Å². The molecule has 3 rings (SSSR count). The van der Waals surface area contributed by atoms with Crippen molar-refractivity contribution in [2.24, 2.45) is 0 Å². The zero-order valence-corrected chi connectivity index (χ0v) is 13.8. The lowest BCUT2D eigenvalue weighted by atomic mass is 9.69. The summed E-state index contributed by atoms with van der Waals surface area (Å²) in [6.45, 7) is 6.90. The Kier molecular flexibility index (Phi) is 3.84. The first-order valence-corrected chi connectivity index (χ1v) is 7.85. The first-order valence-electron chi connectivity index (χ1n) is 7.85. The van der Waals surface area contributed by atoms with Crippen molar-refractivity contribution >= 4 is 6.09 Å². The predicted octanol–water partition coefficient (Wildman–Crippen LogP) is 3.62. The lowest BCUT2D eigenvalue weighted by Gasteiger charge is -2.50. The van der Waals surface area contributed by atoms with E-state index in [0.29, 0.717) is 13.1 Å². The summed E-state index contributed by atoms with van der Waals surface area (Å²) < 4.78 is 5.48. The SMILES string of the molecule is CC(C)(C)OC(=O)N1CC(c2ccccc2)(c2ccncc2)C1. The highest BCUT2D eigenvalue weighted by molar-refractivity contribution is 5.71. The number of likely N-dealkylation sites (tertiary alicyclic amines) is 1. The van der Waals surface area contributed by atoms with Gasteiger partial charge in [0.15, 0.2) is 0 Å². The molecule has 0 spiro atoms. The maximum absolute atomic E-state index is 12.3. The van der Waals surface area contributed by atoms with Crippen molar-refractivity contribution in [1.82, 2.24) is 9.88 Å². The van der Waals surface area contributed by atoms with Crippen LogP contribution in [0.1, 0.15) is 31.9 Å². The topological polar surface area (TPSA) is 42.4 Å². The van der Waals surface area contributed by atoms with E-state index in [4.69, 9.17) is 4.74 Å². The molecule has 4 heteroatoms. The summed E-state index contributed by atoms with van der Waals surface area (Å²) in [4.78, 5) is 18.2. The Morgan fingerprint density at radius 3 is 2.17 bits per heavy atom. The zero-order chi connectivity index (χ0) is 16.5. The summed E-state index contributed by atoms with van der Waals surface area (Å²) in [6, 6.07) is 14.4. The first kappa shape index (κ1) is 15.5. The van der Waals surface area contributed by atoms with E-state index in [9.17, 15) is 4.79 Å². The summed E-state index contributed by atoms with van der Waals surface area (Å²) in [6.07, 6.45) is 3.35. The number of carbonyl (C=O) groups is 1. The Morgan fingerprint density at radius 2 is 1.61 bits per heavy atom. The maximum Gasteiger partial charge on any atom is 0.410 e. The highest BCUT2D eigenvalue weighted by Gasteiger charge is 2.48. The Morgan fingerprint density at radius 1 is 1.04 bits per heavy atom. The molecule has 23 heavy (non-hydrogen) atoms. The summed E-state index contributed by atoms with van der Waals surface area (Å²) >= 11 is 0. The van der Waals surface area contributed by atoms with Crippen molar-refractivity contribution in [3.63, 3.8) is 0 Å². The number of hydrogen-bond acceptors (Lipinski definition) is 3. The van der Waals surface area contributed by atoms with Crippen LogP contribution in [0.15, 0.2) is 54.9 Å². The van der Waals surface area contributed by atoms with Crippen molar-refractivity contribution in [3.8, 4) is 0 Å². The van der Waals surface area contributed by atoms with Crippen LogP contribution < -0.4 is 0 Å². The van der Waals surface area contributed by atoms with Crippen molar-refractivity contribution < 1.29 is 9.53 Å². The van der Waals surface area contributed by atoms with Gasteiger partial charge in [0.1, 0.15) is 5.60 Å². The minimum Gasteiger partial charge on any atom is -0.444 e. The number of ether oxygens (including phenoxy) is 1. The van der Waals surface area contributed by atoms with Gasteiger partial charge in [-0.3, -0.25) is 4.98 Å². The lowest BCUT2D eigenvalue weighted by molar-refractivity contribution is -0.00275. The number of pyridine rings is 1. The fourth-order valence-corrected chi connectivity index (χ4v) is 3.02. The van der Waals surface area contributed by atoms with Gasteiger partial charge in [-0.15, -0.1) is 0 Å². The second-order valence-electron chi connectivity index (χ2n) is 7.02. The van der Waals surface area contributed by atoms with Gasteiger partial charge in [-0.2, -0.15) is 0 Å². The summed E-state index contributed by atoms with van der Waals surface area (Å²) in [5.74, 6) is 0. The third-order valence-corrected chi connectivity index (χ3v) is 4.13. The zero-order valence-electron chi connectivity index (χ0n) is 13.8. The normalized spacial score (nSPS) is 16.6. The van der Waals surface area contributed by atoms with Crippen LogP contribution in [0.4, 0.5) is 4.79 Å². The van der Waals surface area contributed by atoms with Crippen molar-refractivity contribution in [3.05, 3.63) is 66.0 Å². The molecule has 0 N–H and O–H groups in total. The van der Waals surface area contributed by atoms with Gasteiger partial charge in [0.05, 0.1) is 5.41 Å². The van der Waals surface area contributed by atoms with E-state index >= 15 is 0 Å². The van der Waals surface area contributed by atoms with Crippen LogP contribution in [0.2, 0.25) is 0 Å². The van der Waals surface area contributed by atoms with Gasteiger partial charge >= 0.3 is 6.09 Å². The largest absolute Gasteiger partial charge is 0.444 e. The molecule has 2 aromatic rings. The Hall–Kier alpha value is -2.36. The summed E-state index contributed by atoms with van der Waals surface area (Å²) in [5.41, 5.74) is 1.74. The third kappa shape index (κ3) is 3.07. The van der Waals surface area contributed by atoms with Crippen LogP contribution >= 0.6 is 0 Å². The average molecular weight is 310 g/mol. The fourth-order valence-electron chi connectivity index (χ4n) is 3.02. The lowest BCUT2D eigenvalue weighted by Crippen LogP contribution is -2.62. The third-order valence-electron chi connectivity index (χ3n) is 4.13. The number of hydrogen-bond donors (Lipinski definition) is 0. The van der Waals surface area contributed by atoms with Gasteiger partial charge in [-0.25, -0.2) is 4.79 Å². The van der Waals surface area contributed by atoms with Gasteiger partial charge in [-0.05, 0) is 44.0 Å². The number of nitrogens with zero attached hydrogens (tertiary/aromatic N) is 2. The smallest absolute Gasteiger partial charge is 0.410 e. The Bertz CT molecular complexity index is 630. The highest BCUT2D eigenvalue weighted by atomic mass is 16.6.